The van der Waals surface area contributed by atoms with E-state index in [1.54, 1.807) is 6.07 Å². The standard InChI is InChI=1S/C17H23NO3/c1-18-8-7-17-6-2-3-12(19)15(17)11(18)9-10-4-5-13(20)16(21)14(10)17/h4-5,11-12,15,19-21H,2-3,6-9H2,1H3/t11-,12+,15+,17+/m0/s1. The second-order valence-electron chi connectivity index (χ2n) is 7.11. The lowest BCUT2D eigenvalue weighted by molar-refractivity contribution is -0.0754. The van der Waals surface area contributed by atoms with E-state index in [4.69, 9.17) is 0 Å². The Bertz CT molecular complexity index is 588. The molecule has 114 valence electrons. The maximum atomic E-state index is 10.6. The van der Waals surface area contributed by atoms with Crippen LogP contribution in [0, 0.1) is 5.92 Å². The van der Waals surface area contributed by atoms with Gasteiger partial charge in [-0.05, 0) is 57.3 Å². The average molecular weight is 289 g/mol. The monoisotopic (exact) mass is 289 g/mol. The lowest BCUT2D eigenvalue weighted by atomic mass is 9.51. The van der Waals surface area contributed by atoms with E-state index >= 15 is 0 Å². The van der Waals surface area contributed by atoms with Gasteiger partial charge in [-0.15, -0.1) is 0 Å². The first-order valence-electron chi connectivity index (χ1n) is 7.97. The number of likely N-dealkylation sites (tertiary alicyclic amines) is 1. The second kappa shape index (κ2) is 4.37. The summed E-state index contributed by atoms with van der Waals surface area (Å²) in [5.74, 6) is 0.194. The molecule has 0 amide bonds. The molecule has 1 heterocycles. The number of aliphatic hydroxyl groups is 1. The number of rotatable bonds is 0. The Balaban J connectivity index is 1.96. The highest BCUT2D eigenvalue weighted by atomic mass is 16.3. The molecular weight excluding hydrogens is 266 g/mol. The number of nitrogens with zero attached hydrogens (tertiary/aromatic N) is 1. The second-order valence-corrected chi connectivity index (χ2v) is 7.11. The first-order valence-corrected chi connectivity index (χ1v) is 7.97. The first kappa shape index (κ1) is 13.4. The van der Waals surface area contributed by atoms with Gasteiger partial charge in [-0.3, -0.25) is 0 Å². The zero-order valence-electron chi connectivity index (χ0n) is 12.4. The number of phenolic OH excluding ortho intramolecular Hbond substituents is 2. The van der Waals surface area contributed by atoms with Crippen LogP contribution in [0.5, 0.6) is 11.5 Å². The van der Waals surface area contributed by atoms with Crippen molar-refractivity contribution in [2.75, 3.05) is 13.6 Å². The Kier molecular flexibility index (Phi) is 2.79. The van der Waals surface area contributed by atoms with Gasteiger partial charge in [0.2, 0.25) is 0 Å². The topological polar surface area (TPSA) is 63.9 Å². The van der Waals surface area contributed by atoms with Gasteiger partial charge < -0.3 is 20.2 Å². The molecule has 0 unspecified atom stereocenters. The lowest BCUT2D eigenvalue weighted by Gasteiger charge is -2.59. The predicted octanol–water partition coefficient (Wildman–Crippen LogP) is 1.76. The molecule has 2 bridgehead atoms. The molecule has 4 rings (SSSR count). The number of phenols is 2. The van der Waals surface area contributed by atoms with E-state index < -0.39 is 0 Å². The van der Waals surface area contributed by atoms with Gasteiger partial charge in [0.25, 0.3) is 0 Å². The molecule has 0 aromatic heterocycles. The van der Waals surface area contributed by atoms with Crippen molar-refractivity contribution in [3.05, 3.63) is 23.3 Å². The summed E-state index contributed by atoms with van der Waals surface area (Å²) in [6.07, 6.45) is 4.34. The van der Waals surface area contributed by atoms with Crippen LogP contribution in [0.15, 0.2) is 12.1 Å². The summed E-state index contributed by atoms with van der Waals surface area (Å²) in [6, 6.07) is 3.89. The van der Waals surface area contributed by atoms with E-state index in [2.05, 4.69) is 11.9 Å². The van der Waals surface area contributed by atoms with Crippen molar-refractivity contribution in [1.29, 1.82) is 0 Å². The van der Waals surface area contributed by atoms with Gasteiger partial charge in [0.15, 0.2) is 11.5 Å². The molecule has 1 saturated carbocycles. The number of likely N-dealkylation sites (N-methyl/N-ethyl adjacent to an activating group) is 1. The van der Waals surface area contributed by atoms with Crippen LogP contribution in [-0.4, -0.2) is 46.0 Å². The van der Waals surface area contributed by atoms with E-state index in [0.29, 0.717) is 6.04 Å². The van der Waals surface area contributed by atoms with Crippen molar-refractivity contribution in [3.8, 4) is 11.5 Å². The Hall–Kier alpha value is -1.26. The van der Waals surface area contributed by atoms with Gasteiger partial charge in [0, 0.05) is 22.9 Å². The average Bonchev–Trinajstić information content (AvgIpc) is 2.47. The smallest absolute Gasteiger partial charge is 0.161 e. The molecule has 2 fully saturated rings. The van der Waals surface area contributed by atoms with Crippen molar-refractivity contribution in [2.45, 2.75) is 49.7 Å². The fourth-order valence-electron chi connectivity index (χ4n) is 5.35. The summed E-state index contributed by atoms with van der Waals surface area (Å²) in [5, 5.41) is 31.1. The summed E-state index contributed by atoms with van der Waals surface area (Å²) in [5.41, 5.74) is 1.91. The molecule has 0 radical (unpaired) electrons. The zero-order chi connectivity index (χ0) is 14.8. The quantitative estimate of drug-likeness (QED) is 0.637. The predicted molar refractivity (Wildman–Crippen MR) is 79.5 cm³/mol. The molecule has 4 heteroatoms. The van der Waals surface area contributed by atoms with Gasteiger partial charge in [-0.1, -0.05) is 6.07 Å². The first-order chi connectivity index (χ1) is 10.0. The minimum absolute atomic E-state index is 0.0284. The maximum absolute atomic E-state index is 10.6. The number of aromatic hydroxyl groups is 2. The summed E-state index contributed by atoms with van der Waals surface area (Å²) < 4.78 is 0. The molecule has 1 aromatic carbocycles. The highest BCUT2D eigenvalue weighted by molar-refractivity contribution is 5.56. The van der Waals surface area contributed by atoms with Crippen molar-refractivity contribution in [2.24, 2.45) is 5.92 Å². The highest BCUT2D eigenvalue weighted by Gasteiger charge is 2.57. The van der Waals surface area contributed by atoms with Crippen LogP contribution in [-0.2, 0) is 11.8 Å². The van der Waals surface area contributed by atoms with Crippen LogP contribution in [0.4, 0.5) is 0 Å². The number of hydrogen-bond donors (Lipinski definition) is 3. The van der Waals surface area contributed by atoms with Gasteiger partial charge in [0.1, 0.15) is 0 Å². The maximum Gasteiger partial charge on any atom is 0.161 e. The molecule has 4 nitrogen and oxygen atoms in total. The van der Waals surface area contributed by atoms with Crippen LogP contribution in [0.25, 0.3) is 0 Å². The van der Waals surface area contributed by atoms with Crippen LogP contribution in [0.3, 0.4) is 0 Å². The van der Waals surface area contributed by atoms with Crippen LogP contribution in [0.1, 0.15) is 36.8 Å². The van der Waals surface area contributed by atoms with E-state index in [1.807, 2.05) is 6.07 Å². The summed E-state index contributed by atoms with van der Waals surface area (Å²) in [7, 11) is 2.14. The van der Waals surface area contributed by atoms with Crippen LogP contribution < -0.4 is 0 Å². The Labute approximate surface area is 125 Å². The Morgan fingerprint density at radius 3 is 2.86 bits per heavy atom. The molecular formula is C17H23NO3. The van der Waals surface area contributed by atoms with Gasteiger partial charge in [0.05, 0.1) is 6.10 Å². The number of benzene rings is 1. The summed E-state index contributed by atoms with van der Waals surface area (Å²) in [4.78, 5) is 2.37. The SMILES string of the molecule is CN1CC[C@@]23CCC[C@@H](O)[C@H]2[C@@H]1Cc1ccc(O)c(O)c13. The molecule has 1 aliphatic heterocycles. The fraction of sp³-hybridized carbons (Fsp3) is 0.647. The van der Waals surface area contributed by atoms with Gasteiger partial charge in [-0.2, -0.15) is 0 Å². The normalized spacial score (nSPS) is 38.7. The molecule has 21 heavy (non-hydrogen) atoms. The lowest BCUT2D eigenvalue weighted by Crippen LogP contribution is -2.63. The van der Waals surface area contributed by atoms with Gasteiger partial charge >= 0.3 is 0 Å². The molecule has 1 aromatic rings. The summed E-state index contributed by atoms with van der Waals surface area (Å²) in [6.45, 7) is 0.989. The van der Waals surface area contributed by atoms with Crippen LogP contribution in [0.2, 0.25) is 0 Å². The molecule has 3 aliphatic rings. The molecule has 0 spiro atoms. The Morgan fingerprint density at radius 1 is 1.24 bits per heavy atom. The van der Waals surface area contributed by atoms with E-state index in [-0.39, 0.29) is 28.9 Å². The third-order valence-electron chi connectivity index (χ3n) is 6.24. The summed E-state index contributed by atoms with van der Waals surface area (Å²) >= 11 is 0. The number of aliphatic hydroxyl groups excluding tert-OH is 1. The third kappa shape index (κ3) is 1.63. The highest BCUT2D eigenvalue weighted by Crippen LogP contribution is 2.58. The third-order valence-corrected chi connectivity index (χ3v) is 6.24. The van der Waals surface area contributed by atoms with Crippen LogP contribution >= 0.6 is 0 Å². The minimum Gasteiger partial charge on any atom is -0.504 e. The van der Waals surface area contributed by atoms with Gasteiger partial charge in [-0.25, -0.2) is 0 Å². The van der Waals surface area contributed by atoms with Crippen molar-refractivity contribution >= 4 is 0 Å². The molecule has 3 N–H and O–H groups in total. The van der Waals surface area contributed by atoms with E-state index in [9.17, 15) is 15.3 Å². The van der Waals surface area contributed by atoms with Crippen molar-refractivity contribution < 1.29 is 15.3 Å². The Morgan fingerprint density at radius 2 is 2.05 bits per heavy atom. The fourth-order valence-corrected chi connectivity index (χ4v) is 5.35. The molecule has 4 atom stereocenters. The minimum atomic E-state index is -0.304. The molecule has 1 saturated heterocycles. The van der Waals surface area contributed by atoms with Crippen molar-refractivity contribution in [3.63, 3.8) is 0 Å². The number of hydrogen-bond acceptors (Lipinski definition) is 4. The largest absolute Gasteiger partial charge is 0.504 e. The van der Waals surface area contributed by atoms with Crippen molar-refractivity contribution in [1.82, 2.24) is 4.90 Å². The van der Waals surface area contributed by atoms with E-state index in [1.165, 1.54) is 0 Å². The zero-order valence-corrected chi connectivity index (χ0v) is 12.4. The number of piperidine rings is 1. The number of fused-ring (bicyclic) bond motifs is 1. The molecule has 2 aliphatic carbocycles. The van der Waals surface area contributed by atoms with E-state index in [0.717, 1.165) is 49.8 Å².